The number of rotatable bonds is 3. The molecule has 0 saturated heterocycles. The maximum absolute atomic E-state index is 7.58. The fourth-order valence-corrected chi connectivity index (χ4v) is 8.91. The van der Waals surface area contributed by atoms with Crippen LogP contribution in [0.2, 0.25) is 0 Å². The van der Waals surface area contributed by atoms with E-state index in [0.29, 0.717) is 5.92 Å². The van der Waals surface area contributed by atoms with Crippen LogP contribution in [0.1, 0.15) is 92.5 Å². The van der Waals surface area contributed by atoms with Crippen LogP contribution in [0.4, 0.5) is 5.69 Å². The van der Waals surface area contributed by atoms with Crippen molar-refractivity contribution in [2.24, 2.45) is 5.92 Å². The van der Waals surface area contributed by atoms with Gasteiger partial charge in [-0.05, 0) is 71.0 Å². The van der Waals surface area contributed by atoms with Gasteiger partial charge in [-0.3, -0.25) is 0 Å². The van der Waals surface area contributed by atoms with Crippen molar-refractivity contribution in [1.82, 2.24) is 0 Å². The highest BCUT2D eigenvalue weighted by molar-refractivity contribution is 6.09. The molecule has 4 aromatic carbocycles. The van der Waals surface area contributed by atoms with Crippen LogP contribution in [0, 0.1) is 5.92 Å². The second-order valence-corrected chi connectivity index (χ2v) is 14.1. The maximum Gasteiger partial charge on any atom is 0.178 e. The van der Waals surface area contributed by atoms with Gasteiger partial charge in [-0.25, -0.2) is 0 Å². The fourth-order valence-electron chi connectivity index (χ4n) is 8.91. The van der Waals surface area contributed by atoms with E-state index in [9.17, 15) is 0 Å². The molecule has 1 heterocycles. The van der Waals surface area contributed by atoms with E-state index in [-0.39, 0.29) is 5.41 Å². The molecule has 0 N–H and O–H groups in total. The van der Waals surface area contributed by atoms with Gasteiger partial charge in [-0.1, -0.05) is 130 Å². The van der Waals surface area contributed by atoms with E-state index in [1.807, 2.05) is 0 Å². The van der Waals surface area contributed by atoms with Crippen LogP contribution >= 0.6 is 0 Å². The van der Waals surface area contributed by atoms with Gasteiger partial charge in [0.2, 0.25) is 0 Å². The number of nitrogens with zero attached hydrogens (tertiary/aromatic N) is 1. The number of benzene rings is 4. The molecule has 0 amide bonds. The van der Waals surface area contributed by atoms with Crippen LogP contribution in [0.3, 0.4) is 0 Å². The van der Waals surface area contributed by atoms with Crippen LogP contribution in [0.25, 0.3) is 22.4 Å². The van der Waals surface area contributed by atoms with Crippen molar-refractivity contribution in [3.8, 4) is 5.75 Å². The maximum atomic E-state index is 7.58. The molecule has 1 aliphatic heterocycles. The van der Waals surface area contributed by atoms with Crippen molar-refractivity contribution in [1.29, 1.82) is 0 Å². The van der Waals surface area contributed by atoms with Gasteiger partial charge < -0.3 is 9.64 Å². The standard InChI is InChI=1S/C43H45NO/c1-30-19-24-38-37(29-30)39-34-17-11-12-18-35(34)41-36(40(39)42(38)26-13-6-4-5-7-14-27-42)25-28-43(45-41,31-15-9-8-10-16-31)32-20-22-33(23-21-32)44(2)3/h8-12,15-18,20-25,28-30H,4-7,13-14,19,26-27H2,1-3H3. The lowest BCUT2D eigenvalue weighted by Crippen LogP contribution is -2.35. The van der Waals surface area contributed by atoms with Gasteiger partial charge in [-0.15, -0.1) is 0 Å². The van der Waals surface area contributed by atoms with Gasteiger partial charge >= 0.3 is 0 Å². The Morgan fingerprint density at radius 3 is 2.09 bits per heavy atom. The zero-order valence-electron chi connectivity index (χ0n) is 27.1. The SMILES string of the molecule is CC1C=C2C(=CC1)C1(CCCCCCCC1)c1c3c(c4ccccc4c12)OC(c1ccccc1)(c1ccc(N(C)C)cc1)C=C3. The Labute approximate surface area is 269 Å². The Balaban J connectivity index is 1.41. The number of allylic oxidation sites excluding steroid dienone is 4. The van der Waals surface area contributed by atoms with Gasteiger partial charge in [0, 0.05) is 47.3 Å². The average molecular weight is 592 g/mol. The van der Waals surface area contributed by atoms with Gasteiger partial charge in [0.1, 0.15) is 5.75 Å². The first-order valence-electron chi connectivity index (χ1n) is 17.3. The first-order valence-corrected chi connectivity index (χ1v) is 17.3. The molecule has 1 saturated carbocycles. The largest absolute Gasteiger partial charge is 0.472 e. The molecule has 1 fully saturated rings. The molecule has 8 rings (SSSR count). The number of ether oxygens (including phenoxy) is 1. The number of anilines is 1. The van der Waals surface area contributed by atoms with E-state index in [1.54, 1.807) is 11.1 Å². The highest BCUT2D eigenvalue weighted by Gasteiger charge is 2.50. The molecule has 0 bridgehead atoms. The van der Waals surface area contributed by atoms with E-state index in [4.69, 9.17) is 4.74 Å². The zero-order chi connectivity index (χ0) is 30.6. The highest BCUT2D eigenvalue weighted by Crippen LogP contribution is 2.63. The van der Waals surface area contributed by atoms with Crippen LogP contribution in [-0.4, -0.2) is 14.1 Å². The van der Waals surface area contributed by atoms with Crippen molar-refractivity contribution in [3.63, 3.8) is 0 Å². The molecule has 2 heteroatoms. The minimum absolute atomic E-state index is 0.0492. The molecule has 228 valence electrons. The van der Waals surface area contributed by atoms with E-state index in [0.717, 1.165) is 23.3 Å². The predicted octanol–water partition coefficient (Wildman–Crippen LogP) is 11.0. The lowest BCUT2D eigenvalue weighted by molar-refractivity contribution is 0.163. The summed E-state index contributed by atoms with van der Waals surface area (Å²) in [7, 11) is 4.19. The summed E-state index contributed by atoms with van der Waals surface area (Å²) < 4.78 is 7.58. The second-order valence-electron chi connectivity index (χ2n) is 14.1. The van der Waals surface area contributed by atoms with Gasteiger partial charge in [0.05, 0.1) is 0 Å². The van der Waals surface area contributed by atoms with Crippen molar-refractivity contribution < 1.29 is 4.74 Å². The highest BCUT2D eigenvalue weighted by atomic mass is 16.5. The first-order chi connectivity index (χ1) is 22.0. The summed E-state index contributed by atoms with van der Waals surface area (Å²) in [6.07, 6.45) is 21.6. The molecule has 0 aromatic heterocycles. The Hall–Kier alpha value is -4.04. The molecule has 1 spiro atoms. The molecule has 2 nitrogen and oxygen atoms in total. The third kappa shape index (κ3) is 4.43. The van der Waals surface area contributed by atoms with Gasteiger partial charge in [-0.2, -0.15) is 0 Å². The van der Waals surface area contributed by atoms with E-state index >= 15 is 0 Å². The predicted molar refractivity (Wildman–Crippen MR) is 190 cm³/mol. The Kier molecular flexibility index (Phi) is 7.01. The van der Waals surface area contributed by atoms with E-state index in [2.05, 4.69) is 129 Å². The third-order valence-corrected chi connectivity index (χ3v) is 11.1. The molecule has 2 unspecified atom stereocenters. The Bertz CT molecular complexity index is 1830. The van der Waals surface area contributed by atoms with Gasteiger partial charge in [0.25, 0.3) is 0 Å². The van der Waals surface area contributed by atoms with E-state index in [1.165, 1.54) is 84.5 Å². The normalized spacial score (nSPS) is 23.5. The lowest BCUT2D eigenvalue weighted by Gasteiger charge is -2.40. The summed E-state index contributed by atoms with van der Waals surface area (Å²) in [6.45, 7) is 2.38. The Morgan fingerprint density at radius 2 is 1.38 bits per heavy atom. The minimum Gasteiger partial charge on any atom is -0.472 e. The topological polar surface area (TPSA) is 12.5 Å². The molecule has 4 aromatic rings. The van der Waals surface area contributed by atoms with Crippen molar-refractivity contribution >= 4 is 28.1 Å². The van der Waals surface area contributed by atoms with Crippen molar-refractivity contribution in [3.05, 3.63) is 130 Å². The molecule has 45 heavy (non-hydrogen) atoms. The average Bonchev–Trinajstić information content (AvgIpc) is 3.42. The molecular weight excluding hydrogens is 546 g/mol. The van der Waals surface area contributed by atoms with Gasteiger partial charge in [0.15, 0.2) is 5.60 Å². The first kappa shape index (κ1) is 28.4. The molecule has 3 aliphatic carbocycles. The van der Waals surface area contributed by atoms with Crippen LogP contribution in [-0.2, 0) is 11.0 Å². The summed E-state index contributed by atoms with van der Waals surface area (Å²) in [5.74, 6) is 1.60. The van der Waals surface area contributed by atoms with Crippen LogP contribution in [0.15, 0.2) is 103 Å². The summed E-state index contributed by atoms with van der Waals surface area (Å²) in [6, 6.07) is 28.8. The quantitative estimate of drug-likeness (QED) is 0.235. The molecule has 0 radical (unpaired) electrons. The second kappa shape index (κ2) is 11.1. The monoisotopic (exact) mass is 591 g/mol. The number of fused-ring (bicyclic) bond motifs is 10. The fraction of sp³-hybridized carbons (Fsp3) is 0.349. The third-order valence-electron chi connectivity index (χ3n) is 11.1. The summed E-state index contributed by atoms with van der Waals surface area (Å²) in [5, 5.41) is 2.56. The van der Waals surface area contributed by atoms with E-state index < -0.39 is 5.60 Å². The molecule has 4 aliphatic rings. The summed E-state index contributed by atoms with van der Waals surface area (Å²) in [5.41, 5.74) is 10.3. The lowest BCUT2D eigenvalue weighted by atomic mass is 9.68. The number of hydrogen-bond donors (Lipinski definition) is 0. The zero-order valence-corrected chi connectivity index (χ0v) is 27.1. The van der Waals surface area contributed by atoms with Crippen molar-refractivity contribution in [2.75, 3.05) is 19.0 Å². The smallest absolute Gasteiger partial charge is 0.178 e. The summed E-state index contributed by atoms with van der Waals surface area (Å²) >= 11 is 0. The van der Waals surface area contributed by atoms with Crippen LogP contribution < -0.4 is 9.64 Å². The number of hydrogen-bond acceptors (Lipinski definition) is 2. The summed E-state index contributed by atoms with van der Waals surface area (Å²) in [4.78, 5) is 2.16. The molecule has 2 atom stereocenters. The van der Waals surface area contributed by atoms with Crippen LogP contribution in [0.5, 0.6) is 5.75 Å². The molecular formula is C43H45NO. The minimum atomic E-state index is -0.722. The Morgan fingerprint density at radius 1 is 0.733 bits per heavy atom. The van der Waals surface area contributed by atoms with Crippen molar-refractivity contribution in [2.45, 2.75) is 75.7 Å².